The van der Waals surface area contributed by atoms with Gasteiger partial charge in [0.2, 0.25) is 5.91 Å². The smallest absolute Gasteiger partial charge is 0.271 e. The lowest BCUT2D eigenvalue weighted by Gasteiger charge is -2.08. The van der Waals surface area contributed by atoms with E-state index in [4.69, 9.17) is 14.7 Å². The first kappa shape index (κ1) is 18.5. The van der Waals surface area contributed by atoms with Gasteiger partial charge in [-0.1, -0.05) is 12.1 Å². The minimum atomic E-state index is -0.534. The van der Waals surface area contributed by atoms with Gasteiger partial charge in [0.25, 0.3) is 5.69 Å². The van der Waals surface area contributed by atoms with Crippen LogP contribution in [0.25, 0.3) is 6.08 Å². The van der Waals surface area contributed by atoms with Crippen molar-refractivity contribution in [2.24, 2.45) is 0 Å². The van der Waals surface area contributed by atoms with Crippen LogP contribution < -0.4 is 14.8 Å². The van der Waals surface area contributed by atoms with Crippen LogP contribution in [0.2, 0.25) is 0 Å². The van der Waals surface area contributed by atoms with Gasteiger partial charge in [-0.3, -0.25) is 14.9 Å². The maximum atomic E-state index is 12.0. The molecule has 2 aromatic carbocycles. The maximum absolute atomic E-state index is 12.0. The first-order chi connectivity index (χ1) is 12.5. The lowest BCUT2D eigenvalue weighted by molar-refractivity contribution is -0.384. The number of benzene rings is 2. The van der Waals surface area contributed by atoms with Crippen molar-refractivity contribution >= 4 is 23.4 Å². The third kappa shape index (κ3) is 5.07. The molecule has 0 saturated carbocycles. The van der Waals surface area contributed by atoms with Crippen LogP contribution in [-0.4, -0.2) is 24.5 Å². The third-order valence-corrected chi connectivity index (χ3v) is 3.23. The molecule has 0 aliphatic heterocycles. The van der Waals surface area contributed by atoms with E-state index in [2.05, 4.69) is 5.32 Å². The molecule has 2 rings (SSSR count). The highest BCUT2D eigenvalue weighted by atomic mass is 16.6. The molecule has 0 atom stereocenters. The first-order valence-corrected chi connectivity index (χ1v) is 7.45. The molecule has 8 nitrogen and oxygen atoms in total. The Kier molecular flexibility index (Phi) is 6.28. The largest absolute Gasteiger partial charge is 0.493 e. The van der Waals surface area contributed by atoms with Gasteiger partial charge in [0.1, 0.15) is 6.07 Å². The molecule has 0 aliphatic carbocycles. The average Bonchev–Trinajstić information content (AvgIpc) is 2.65. The maximum Gasteiger partial charge on any atom is 0.271 e. The summed E-state index contributed by atoms with van der Waals surface area (Å²) < 4.78 is 10.4. The molecule has 0 spiro atoms. The van der Waals surface area contributed by atoms with E-state index in [1.165, 1.54) is 31.4 Å². The summed E-state index contributed by atoms with van der Waals surface area (Å²) in [6.07, 6.45) is 2.85. The Balaban J connectivity index is 2.07. The van der Waals surface area contributed by atoms with Gasteiger partial charge in [-0.25, -0.2) is 0 Å². The summed E-state index contributed by atoms with van der Waals surface area (Å²) in [5.41, 5.74) is 0.900. The molecule has 0 bridgehead atoms. The molecule has 2 aromatic rings. The Bertz CT molecular complexity index is 887. The number of hydrogen-bond donors (Lipinski definition) is 1. The molecule has 0 fully saturated rings. The number of methoxy groups -OCH3 is 1. The van der Waals surface area contributed by atoms with Gasteiger partial charge in [0.05, 0.1) is 12.0 Å². The molecular formula is C18H15N3O5. The molecule has 132 valence electrons. The number of nitrogens with one attached hydrogen (secondary N) is 1. The zero-order chi connectivity index (χ0) is 18.9. The highest BCUT2D eigenvalue weighted by molar-refractivity contribution is 6.02. The summed E-state index contributed by atoms with van der Waals surface area (Å²) in [6, 6.07) is 12.5. The molecule has 8 heteroatoms. The number of anilines is 1. The molecule has 1 amide bonds. The van der Waals surface area contributed by atoms with Gasteiger partial charge in [-0.05, 0) is 29.8 Å². The van der Waals surface area contributed by atoms with Gasteiger partial charge >= 0.3 is 0 Å². The minimum Gasteiger partial charge on any atom is -0.493 e. The summed E-state index contributed by atoms with van der Waals surface area (Å²) >= 11 is 0. The molecule has 26 heavy (non-hydrogen) atoms. The van der Waals surface area contributed by atoms with Crippen LogP contribution in [-0.2, 0) is 4.79 Å². The van der Waals surface area contributed by atoms with E-state index in [1.54, 1.807) is 30.3 Å². The lowest BCUT2D eigenvalue weighted by atomic mass is 10.2. The van der Waals surface area contributed by atoms with Crippen LogP contribution in [0.5, 0.6) is 11.5 Å². The Morgan fingerprint density at radius 1 is 1.31 bits per heavy atom. The predicted molar refractivity (Wildman–Crippen MR) is 94.9 cm³/mol. The van der Waals surface area contributed by atoms with Crippen molar-refractivity contribution in [3.63, 3.8) is 0 Å². The van der Waals surface area contributed by atoms with E-state index < -0.39 is 10.8 Å². The van der Waals surface area contributed by atoms with E-state index in [0.29, 0.717) is 22.7 Å². The standard InChI is InChI=1S/C18H15N3O5/c1-25-17-11-13(5-7-16(17)26-10-9-19)6-8-18(22)20-14-3-2-4-15(12-14)21(23)24/h2-8,11-12H,10H2,1H3,(H,20,22)/b8-6+. The average molecular weight is 353 g/mol. The monoisotopic (exact) mass is 353 g/mol. The highest BCUT2D eigenvalue weighted by Gasteiger charge is 2.07. The van der Waals surface area contributed by atoms with E-state index in [1.807, 2.05) is 6.07 Å². The lowest BCUT2D eigenvalue weighted by Crippen LogP contribution is -2.07. The topological polar surface area (TPSA) is 114 Å². The van der Waals surface area contributed by atoms with Crippen LogP contribution in [0.3, 0.4) is 0 Å². The van der Waals surface area contributed by atoms with Crippen molar-refractivity contribution in [1.82, 2.24) is 0 Å². The molecular weight excluding hydrogens is 338 g/mol. The number of carbonyl (C=O) groups is 1. The number of nitrogens with zero attached hydrogens (tertiary/aromatic N) is 2. The predicted octanol–water partition coefficient (Wildman–Crippen LogP) is 3.16. The second-order valence-electron chi connectivity index (χ2n) is 4.99. The Hall–Kier alpha value is -3.86. The van der Waals surface area contributed by atoms with Crippen LogP contribution in [0.4, 0.5) is 11.4 Å². The van der Waals surface area contributed by atoms with E-state index in [-0.39, 0.29) is 12.3 Å². The summed E-state index contributed by atoms with van der Waals surface area (Å²) in [6.45, 7) is -0.100. The normalized spacial score (nSPS) is 10.2. The molecule has 0 saturated heterocycles. The number of nitro benzene ring substituents is 1. The van der Waals surface area contributed by atoms with Crippen molar-refractivity contribution in [3.8, 4) is 17.6 Å². The SMILES string of the molecule is COc1cc(/C=C/C(=O)Nc2cccc([N+](=O)[O-])c2)ccc1OCC#N. The third-order valence-electron chi connectivity index (χ3n) is 3.23. The number of hydrogen-bond acceptors (Lipinski definition) is 6. The van der Waals surface area contributed by atoms with E-state index in [9.17, 15) is 14.9 Å². The zero-order valence-corrected chi connectivity index (χ0v) is 13.8. The van der Waals surface area contributed by atoms with Crippen LogP contribution in [0, 0.1) is 21.4 Å². The van der Waals surface area contributed by atoms with E-state index in [0.717, 1.165) is 0 Å². The number of nitro groups is 1. The van der Waals surface area contributed by atoms with Crippen molar-refractivity contribution in [2.75, 3.05) is 19.0 Å². The fourth-order valence-electron chi connectivity index (χ4n) is 2.07. The number of rotatable bonds is 7. The van der Waals surface area contributed by atoms with Gasteiger partial charge in [0.15, 0.2) is 18.1 Å². The van der Waals surface area contributed by atoms with Crippen LogP contribution >= 0.6 is 0 Å². The van der Waals surface area contributed by atoms with Crippen LogP contribution in [0.1, 0.15) is 5.56 Å². The summed E-state index contributed by atoms with van der Waals surface area (Å²) in [4.78, 5) is 22.2. The fraction of sp³-hybridized carbons (Fsp3) is 0.111. The zero-order valence-electron chi connectivity index (χ0n) is 13.8. The summed E-state index contributed by atoms with van der Waals surface area (Å²) in [5.74, 6) is 0.419. The van der Waals surface area contributed by atoms with Gasteiger partial charge in [0, 0.05) is 23.9 Å². The second kappa shape index (κ2) is 8.84. The second-order valence-corrected chi connectivity index (χ2v) is 4.99. The number of ether oxygens (including phenoxy) is 2. The number of carbonyl (C=O) groups excluding carboxylic acids is 1. The minimum absolute atomic E-state index is 0.100. The number of non-ortho nitro benzene ring substituents is 1. The summed E-state index contributed by atoms with van der Waals surface area (Å²) in [5, 5.41) is 21.8. The Labute approximate surface area is 149 Å². The van der Waals surface area contributed by atoms with Crippen molar-refractivity contribution in [1.29, 1.82) is 5.26 Å². The molecule has 1 N–H and O–H groups in total. The molecule has 0 unspecified atom stereocenters. The Morgan fingerprint density at radius 3 is 2.81 bits per heavy atom. The summed E-state index contributed by atoms with van der Waals surface area (Å²) in [7, 11) is 1.47. The quantitative estimate of drug-likeness (QED) is 0.464. The highest BCUT2D eigenvalue weighted by Crippen LogP contribution is 2.28. The molecule has 0 radical (unpaired) electrons. The fourth-order valence-corrected chi connectivity index (χ4v) is 2.07. The first-order valence-electron chi connectivity index (χ1n) is 7.45. The van der Waals surface area contributed by atoms with Gasteiger partial charge in [-0.15, -0.1) is 0 Å². The Morgan fingerprint density at radius 2 is 2.12 bits per heavy atom. The molecule has 0 aliphatic rings. The van der Waals surface area contributed by atoms with Gasteiger partial charge < -0.3 is 14.8 Å². The van der Waals surface area contributed by atoms with Crippen molar-refractivity contribution in [2.45, 2.75) is 0 Å². The van der Waals surface area contributed by atoms with Gasteiger partial charge in [-0.2, -0.15) is 5.26 Å². The van der Waals surface area contributed by atoms with Crippen LogP contribution in [0.15, 0.2) is 48.5 Å². The molecule has 0 aromatic heterocycles. The number of nitriles is 1. The number of amides is 1. The van der Waals surface area contributed by atoms with E-state index >= 15 is 0 Å². The molecule has 0 heterocycles. The van der Waals surface area contributed by atoms with Crippen molar-refractivity contribution in [3.05, 3.63) is 64.2 Å². The van der Waals surface area contributed by atoms with Crippen molar-refractivity contribution < 1.29 is 19.2 Å².